The van der Waals surface area contributed by atoms with Gasteiger partial charge in [0.1, 0.15) is 6.54 Å². The van der Waals surface area contributed by atoms with E-state index in [4.69, 9.17) is 0 Å². The molecule has 0 radical (unpaired) electrons. The molecule has 0 atom stereocenters. The Bertz CT molecular complexity index is 1670. The summed E-state index contributed by atoms with van der Waals surface area (Å²) < 4.78 is 78.4. The molecule has 0 spiro atoms. The molecule has 0 aliphatic heterocycles. The van der Waals surface area contributed by atoms with Crippen LogP contribution in [0, 0.1) is 0 Å². The third-order valence-corrected chi connectivity index (χ3v) is 9.40. The molecule has 11 heteroatoms. The number of carbonyl (C=O) groups is 2. The highest BCUT2D eigenvalue weighted by Gasteiger charge is 2.31. The number of amides is 1. The van der Waals surface area contributed by atoms with Gasteiger partial charge in [-0.05, 0) is 98.6 Å². The zero-order valence-corrected chi connectivity index (χ0v) is 29.3. The molecule has 0 bridgehead atoms. The average Bonchev–Trinajstić information content (AvgIpc) is 3.59. The number of benzene rings is 3. The molecule has 5 nitrogen and oxygen atoms in total. The molecule has 0 saturated carbocycles. The fraction of sp³-hybridized carbons (Fsp3) is 0.400. The Hall–Kier alpha value is -4.38. The Labute approximate surface area is 296 Å². The third-order valence-electron chi connectivity index (χ3n) is 9.40. The third kappa shape index (κ3) is 10.8. The van der Waals surface area contributed by atoms with Gasteiger partial charge in [-0.25, -0.2) is 0 Å². The highest BCUT2D eigenvalue weighted by Crippen LogP contribution is 2.34. The topological polar surface area (TPSA) is 43.9 Å². The summed E-state index contributed by atoms with van der Waals surface area (Å²) in [5.41, 5.74) is 3.51. The molecule has 0 saturated heterocycles. The number of aryl methyl sites for hydroxylation is 1. The predicted octanol–water partition coefficient (Wildman–Crippen LogP) is 9.54. The van der Waals surface area contributed by atoms with Gasteiger partial charge in [0.05, 0.1) is 11.1 Å². The highest BCUT2D eigenvalue weighted by molar-refractivity contribution is 5.94. The first-order chi connectivity index (χ1) is 24.1. The van der Waals surface area contributed by atoms with Crippen molar-refractivity contribution in [2.45, 2.75) is 71.8 Å². The SMILES string of the molecule is C=C(CCc1ccc(C(F)(F)F)cc1)N(CC(=O)N(CCN(CC)CC)Cc1ccc(-c2ccc(C(F)(F)F)cc2)cc1)C1=C(C(C)=O)CCC1. The number of hydrogen-bond acceptors (Lipinski definition) is 4. The van der Waals surface area contributed by atoms with Crippen molar-refractivity contribution in [1.82, 2.24) is 14.7 Å². The number of likely N-dealkylation sites (N-methyl/N-ethyl adjacent to an activating group) is 1. The number of nitrogens with zero attached hydrogens (tertiary/aromatic N) is 3. The van der Waals surface area contributed by atoms with E-state index >= 15 is 0 Å². The summed E-state index contributed by atoms with van der Waals surface area (Å²) in [6.07, 6.45) is -6.11. The van der Waals surface area contributed by atoms with Gasteiger partial charge in [0.15, 0.2) is 5.78 Å². The highest BCUT2D eigenvalue weighted by atomic mass is 19.4. The van der Waals surface area contributed by atoms with Gasteiger partial charge in [-0.1, -0.05) is 69.0 Å². The lowest BCUT2D eigenvalue weighted by Crippen LogP contribution is -2.43. The normalized spacial score (nSPS) is 13.5. The number of halogens is 6. The molecule has 51 heavy (non-hydrogen) atoms. The first-order valence-electron chi connectivity index (χ1n) is 17.2. The number of rotatable bonds is 16. The molecule has 4 rings (SSSR count). The van der Waals surface area contributed by atoms with E-state index in [1.165, 1.54) is 31.2 Å². The van der Waals surface area contributed by atoms with Crippen LogP contribution in [0.2, 0.25) is 0 Å². The van der Waals surface area contributed by atoms with Gasteiger partial charge in [-0.2, -0.15) is 26.3 Å². The van der Waals surface area contributed by atoms with E-state index in [1.807, 2.05) is 43.0 Å². The molecule has 0 unspecified atom stereocenters. The molecule has 1 aliphatic rings. The largest absolute Gasteiger partial charge is 0.416 e. The van der Waals surface area contributed by atoms with Crippen LogP contribution < -0.4 is 0 Å². The second kappa shape index (κ2) is 17.2. The summed E-state index contributed by atoms with van der Waals surface area (Å²) in [5.74, 6) is -0.242. The Morgan fingerprint density at radius 1 is 0.725 bits per heavy atom. The summed E-state index contributed by atoms with van der Waals surface area (Å²) >= 11 is 0. The molecule has 3 aromatic rings. The van der Waals surface area contributed by atoms with E-state index in [0.29, 0.717) is 61.2 Å². The molecule has 0 fully saturated rings. The van der Waals surface area contributed by atoms with Crippen molar-refractivity contribution in [2.24, 2.45) is 0 Å². The molecule has 3 aromatic carbocycles. The Morgan fingerprint density at radius 3 is 1.75 bits per heavy atom. The van der Waals surface area contributed by atoms with Crippen LogP contribution in [0.1, 0.15) is 68.7 Å². The lowest BCUT2D eigenvalue weighted by molar-refractivity contribution is -0.138. The lowest BCUT2D eigenvalue weighted by atomic mass is 10.0. The van der Waals surface area contributed by atoms with Crippen LogP contribution in [-0.2, 0) is 34.9 Å². The molecule has 0 aromatic heterocycles. The standard InChI is InChI=1S/C40H45F6N3O2/c1-5-47(6-2)24-25-48(26-31-12-16-32(17-13-31)33-18-22-35(23-19-33)40(44,45)46)38(51)27-49(37-9-7-8-36(37)29(4)50)28(3)10-11-30-14-20-34(21-15-30)39(41,42)43/h12-23H,3,5-11,24-27H2,1-2,4H3. The van der Waals surface area contributed by atoms with E-state index in [-0.39, 0.29) is 24.8 Å². The average molecular weight is 714 g/mol. The zero-order chi connectivity index (χ0) is 37.3. The molecular formula is C40H45F6N3O2. The van der Waals surface area contributed by atoms with Gasteiger partial charge < -0.3 is 14.7 Å². The van der Waals surface area contributed by atoms with Crippen molar-refractivity contribution in [2.75, 3.05) is 32.7 Å². The molecular weight excluding hydrogens is 668 g/mol. The van der Waals surface area contributed by atoms with Crippen LogP contribution in [0.25, 0.3) is 11.1 Å². The van der Waals surface area contributed by atoms with Crippen LogP contribution in [0.15, 0.2) is 96.3 Å². The van der Waals surface area contributed by atoms with Gasteiger partial charge in [0.2, 0.25) is 5.91 Å². The predicted molar refractivity (Wildman–Crippen MR) is 187 cm³/mol. The van der Waals surface area contributed by atoms with E-state index in [1.54, 1.807) is 4.90 Å². The van der Waals surface area contributed by atoms with Crippen molar-refractivity contribution in [1.29, 1.82) is 0 Å². The summed E-state index contributed by atoms with van der Waals surface area (Å²) in [6, 6.07) is 17.3. The van der Waals surface area contributed by atoms with E-state index < -0.39 is 23.5 Å². The van der Waals surface area contributed by atoms with Crippen LogP contribution in [0.3, 0.4) is 0 Å². The molecule has 274 valence electrons. The Kier molecular flexibility index (Phi) is 13.3. The number of alkyl halides is 6. The van der Waals surface area contributed by atoms with Gasteiger partial charge in [-0.3, -0.25) is 9.59 Å². The molecule has 0 heterocycles. The first kappa shape index (κ1) is 39.4. The Balaban J connectivity index is 1.55. The maximum absolute atomic E-state index is 14.2. The fourth-order valence-corrected chi connectivity index (χ4v) is 6.29. The van der Waals surface area contributed by atoms with E-state index in [2.05, 4.69) is 11.5 Å². The van der Waals surface area contributed by atoms with Crippen LogP contribution in [-0.4, -0.2) is 59.1 Å². The summed E-state index contributed by atoms with van der Waals surface area (Å²) in [5, 5.41) is 0. The second-order valence-corrected chi connectivity index (χ2v) is 12.8. The number of ketones is 1. The van der Waals surface area contributed by atoms with Crippen molar-refractivity contribution in [3.05, 3.63) is 119 Å². The van der Waals surface area contributed by atoms with Crippen LogP contribution in [0.4, 0.5) is 26.3 Å². The summed E-state index contributed by atoms with van der Waals surface area (Å²) in [4.78, 5) is 32.6. The van der Waals surface area contributed by atoms with E-state index in [9.17, 15) is 35.9 Å². The lowest BCUT2D eigenvalue weighted by Gasteiger charge is -2.33. The monoisotopic (exact) mass is 713 g/mol. The molecule has 1 aliphatic carbocycles. The van der Waals surface area contributed by atoms with Gasteiger partial charge in [-0.15, -0.1) is 0 Å². The van der Waals surface area contributed by atoms with Crippen LogP contribution in [0.5, 0.6) is 0 Å². The maximum atomic E-state index is 14.2. The summed E-state index contributed by atoms with van der Waals surface area (Å²) in [7, 11) is 0. The zero-order valence-electron chi connectivity index (χ0n) is 29.3. The number of carbonyl (C=O) groups excluding carboxylic acids is 2. The second-order valence-electron chi connectivity index (χ2n) is 12.8. The van der Waals surface area contributed by atoms with Gasteiger partial charge in [0.25, 0.3) is 0 Å². The van der Waals surface area contributed by atoms with Gasteiger partial charge in [0, 0.05) is 36.6 Å². The van der Waals surface area contributed by atoms with E-state index in [0.717, 1.165) is 60.6 Å². The van der Waals surface area contributed by atoms with Gasteiger partial charge >= 0.3 is 12.4 Å². The summed E-state index contributed by atoms with van der Waals surface area (Å²) in [6.45, 7) is 12.8. The minimum Gasteiger partial charge on any atom is -0.339 e. The number of Topliss-reactive ketones (excluding diaryl/α,β-unsaturated/α-hetero) is 1. The van der Waals surface area contributed by atoms with Crippen LogP contribution >= 0.6 is 0 Å². The van der Waals surface area contributed by atoms with Crippen molar-refractivity contribution in [3.63, 3.8) is 0 Å². The fourth-order valence-electron chi connectivity index (χ4n) is 6.29. The molecule has 0 N–H and O–H groups in total. The maximum Gasteiger partial charge on any atom is 0.416 e. The molecule has 1 amide bonds. The van der Waals surface area contributed by atoms with Crippen molar-refractivity contribution in [3.8, 4) is 11.1 Å². The van der Waals surface area contributed by atoms with Crippen molar-refractivity contribution < 1.29 is 35.9 Å². The van der Waals surface area contributed by atoms with Crippen molar-refractivity contribution >= 4 is 11.7 Å². The number of allylic oxidation sites excluding steroid dienone is 3. The Morgan fingerprint density at radius 2 is 1.24 bits per heavy atom. The first-order valence-corrected chi connectivity index (χ1v) is 17.2. The number of hydrogen-bond donors (Lipinski definition) is 0. The minimum atomic E-state index is -4.43. The minimum absolute atomic E-state index is 0.0557. The smallest absolute Gasteiger partial charge is 0.339 e. The quantitative estimate of drug-likeness (QED) is 0.139.